The van der Waals surface area contributed by atoms with Gasteiger partial charge in [0.05, 0.1) is 5.69 Å². The van der Waals surface area contributed by atoms with Crippen LogP contribution < -0.4 is 10.2 Å². The molecule has 2 fully saturated rings. The van der Waals surface area contributed by atoms with E-state index in [1.807, 2.05) is 24.3 Å². The van der Waals surface area contributed by atoms with Crippen LogP contribution in [0.5, 0.6) is 0 Å². The van der Waals surface area contributed by atoms with E-state index in [1.165, 1.54) is 0 Å². The largest absolute Gasteiger partial charge is 0.353 e. The predicted octanol–water partition coefficient (Wildman–Crippen LogP) is 3.96. The molecule has 0 bridgehead atoms. The maximum atomic E-state index is 11.9. The highest BCUT2D eigenvalue weighted by Crippen LogP contribution is 2.31. The molecule has 2 aliphatic rings. The molecule has 0 atom stereocenters. The molecule has 2 heterocycles. The molecule has 1 aromatic heterocycles. The van der Waals surface area contributed by atoms with Crippen molar-refractivity contribution in [2.45, 2.75) is 31.7 Å². The number of hydrogen-bond donors (Lipinski definition) is 1. The van der Waals surface area contributed by atoms with E-state index in [0.29, 0.717) is 12.0 Å². The number of rotatable bonds is 4. The third-order valence-corrected chi connectivity index (χ3v) is 5.85. The lowest BCUT2D eigenvalue weighted by Crippen LogP contribution is -2.45. The highest BCUT2D eigenvalue weighted by Gasteiger charge is 2.32. The normalized spacial score (nSPS) is 18.6. The van der Waals surface area contributed by atoms with Gasteiger partial charge in [-0.25, -0.2) is 4.98 Å². The topological polar surface area (TPSA) is 45.2 Å². The summed E-state index contributed by atoms with van der Waals surface area (Å²) in [7, 11) is 0. The standard InChI is InChI=1S/C18H20ClN3OS/c19-14-5-3-12(4-6-14)16-11-24-18(21-16)22-9-7-15(8-10-22)20-17(23)13-1-2-13/h3-6,11,13,15H,1-2,7-10H2,(H,20,23). The van der Waals surface area contributed by atoms with Gasteiger partial charge in [0.1, 0.15) is 0 Å². The van der Waals surface area contributed by atoms with Gasteiger partial charge in [-0.2, -0.15) is 0 Å². The molecule has 6 heteroatoms. The Kier molecular flexibility index (Phi) is 4.46. The summed E-state index contributed by atoms with van der Waals surface area (Å²) in [5.74, 6) is 0.552. The van der Waals surface area contributed by atoms with Gasteiger partial charge in [-0.15, -0.1) is 11.3 Å². The molecule has 1 aliphatic carbocycles. The lowest BCUT2D eigenvalue weighted by Gasteiger charge is -2.32. The van der Waals surface area contributed by atoms with Crippen molar-refractivity contribution >= 4 is 34.0 Å². The van der Waals surface area contributed by atoms with E-state index < -0.39 is 0 Å². The number of carbonyl (C=O) groups is 1. The van der Waals surface area contributed by atoms with Crippen molar-refractivity contribution in [1.82, 2.24) is 10.3 Å². The van der Waals surface area contributed by atoms with Gasteiger partial charge in [0, 0.05) is 41.0 Å². The highest BCUT2D eigenvalue weighted by molar-refractivity contribution is 7.14. The molecule has 0 unspecified atom stereocenters. The zero-order valence-corrected chi connectivity index (χ0v) is 14.9. The summed E-state index contributed by atoms with van der Waals surface area (Å²) >= 11 is 7.62. The average Bonchev–Trinajstić information content (AvgIpc) is 3.34. The Hall–Kier alpha value is -1.59. The number of nitrogens with one attached hydrogen (secondary N) is 1. The molecule has 1 aliphatic heterocycles. The quantitative estimate of drug-likeness (QED) is 0.896. The molecule has 0 radical (unpaired) electrons. The number of piperidine rings is 1. The highest BCUT2D eigenvalue weighted by atomic mass is 35.5. The molecule has 0 spiro atoms. The maximum Gasteiger partial charge on any atom is 0.223 e. The fraction of sp³-hybridized carbons (Fsp3) is 0.444. The van der Waals surface area contributed by atoms with Crippen molar-refractivity contribution in [3.63, 3.8) is 0 Å². The molecule has 1 saturated carbocycles. The Morgan fingerprint density at radius 2 is 1.88 bits per heavy atom. The first-order chi connectivity index (χ1) is 11.7. The third-order valence-electron chi connectivity index (χ3n) is 4.69. The molecule has 1 aromatic carbocycles. The van der Waals surface area contributed by atoms with Crippen LogP contribution in [0.2, 0.25) is 5.02 Å². The Morgan fingerprint density at radius 3 is 2.54 bits per heavy atom. The minimum atomic E-state index is 0.257. The van der Waals surface area contributed by atoms with Gasteiger partial charge in [0.15, 0.2) is 5.13 Å². The van der Waals surface area contributed by atoms with Crippen molar-refractivity contribution < 1.29 is 4.79 Å². The minimum Gasteiger partial charge on any atom is -0.353 e. The molecule has 1 saturated heterocycles. The van der Waals surface area contributed by atoms with Crippen LogP contribution in [-0.4, -0.2) is 30.0 Å². The number of anilines is 1. The summed E-state index contributed by atoms with van der Waals surface area (Å²) in [6, 6.07) is 8.11. The molecule has 1 amide bonds. The third kappa shape index (κ3) is 3.57. The number of thiazole rings is 1. The Balaban J connectivity index is 1.35. The SMILES string of the molecule is O=C(NC1CCN(c2nc(-c3ccc(Cl)cc3)cs2)CC1)C1CC1. The Labute approximate surface area is 150 Å². The summed E-state index contributed by atoms with van der Waals surface area (Å²) in [6.45, 7) is 1.90. The Bertz CT molecular complexity index is 718. The van der Waals surface area contributed by atoms with Crippen LogP contribution in [0.15, 0.2) is 29.6 Å². The second-order valence-corrected chi connectivity index (χ2v) is 7.84. The van der Waals surface area contributed by atoms with E-state index in [4.69, 9.17) is 16.6 Å². The molecule has 4 rings (SSSR count). The summed E-state index contributed by atoms with van der Waals surface area (Å²) < 4.78 is 0. The molecule has 24 heavy (non-hydrogen) atoms. The molecular formula is C18H20ClN3OS. The van der Waals surface area contributed by atoms with E-state index in [1.54, 1.807) is 11.3 Å². The number of nitrogens with zero attached hydrogens (tertiary/aromatic N) is 2. The van der Waals surface area contributed by atoms with Gasteiger partial charge in [-0.1, -0.05) is 23.7 Å². The monoisotopic (exact) mass is 361 g/mol. The van der Waals surface area contributed by atoms with Gasteiger partial charge in [0.25, 0.3) is 0 Å². The number of carbonyl (C=O) groups excluding carboxylic acids is 1. The zero-order chi connectivity index (χ0) is 16.5. The smallest absolute Gasteiger partial charge is 0.223 e. The second kappa shape index (κ2) is 6.73. The van der Waals surface area contributed by atoms with Gasteiger partial charge in [-0.05, 0) is 37.8 Å². The lowest BCUT2D eigenvalue weighted by molar-refractivity contribution is -0.123. The van der Waals surface area contributed by atoms with E-state index in [2.05, 4.69) is 15.6 Å². The predicted molar refractivity (Wildman–Crippen MR) is 98.7 cm³/mol. The van der Waals surface area contributed by atoms with Crippen molar-refractivity contribution in [2.24, 2.45) is 5.92 Å². The number of aromatic nitrogens is 1. The molecule has 4 nitrogen and oxygen atoms in total. The molecular weight excluding hydrogens is 342 g/mol. The first-order valence-corrected chi connectivity index (χ1v) is 9.71. The first-order valence-electron chi connectivity index (χ1n) is 8.46. The maximum absolute atomic E-state index is 11.9. The second-order valence-electron chi connectivity index (χ2n) is 6.57. The van der Waals surface area contributed by atoms with Crippen molar-refractivity contribution in [2.75, 3.05) is 18.0 Å². The van der Waals surface area contributed by atoms with E-state index in [9.17, 15) is 4.79 Å². The Morgan fingerprint density at radius 1 is 1.17 bits per heavy atom. The molecule has 1 N–H and O–H groups in total. The lowest BCUT2D eigenvalue weighted by atomic mass is 10.1. The minimum absolute atomic E-state index is 0.257. The van der Waals surface area contributed by atoms with E-state index in [-0.39, 0.29) is 5.91 Å². The molecule has 126 valence electrons. The first kappa shape index (κ1) is 15.9. The van der Waals surface area contributed by atoms with Gasteiger partial charge in [-0.3, -0.25) is 4.79 Å². The summed E-state index contributed by atoms with van der Waals surface area (Å²) in [6.07, 6.45) is 4.12. The van der Waals surface area contributed by atoms with Crippen molar-refractivity contribution in [3.8, 4) is 11.3 Å². The average molecular weight is 362 g/mol. The van der Waals surface area contributed by atoms with Crippen LogP contribution in [0.1, 0.15) is 25.7 Å². The summed E-state index contributed by atoms with van der Waals surface area (Å²) in [5, 5.41) is 7.09. The van der Waals surface area contributed by atoms with Gasteiger partial charge >= 0.3 is 0 Å². The number of hydrogen-bond acceptors (Lipinski definition) is 4. The van der Waals surface area contributed by atoms with Crippen molar-refractivity contribution in [3.05, 3.63) is 34.7 Å². The van der Waals surface area contributed by atoms with Crippen molar-refractivity contribution in [1.29, 1.82) is 0 Å². The summed E-state index contributed by atoms with van der Waals surface area (Å²) in [4.78, 5) is 19.0. The zero-order valence-electron chi connectivity index (χ0n) is 13.4. The van der Waals surface area contributed by atoms with Crippen LogP contribution in [0.25, 0.3) is 11.3 Å². The van der Waals surface area contributed by atoms with Crippen LogP contribution in [0.4, 0.5) is 5.13 Å². The van der Waals surface area contributed by atoms with Crippen LogP contribution in [0.3, 0.4) is 0 Å². The fourth-order valence-electron chi connectivity index (χ4n) is 3.04. The van der Waals surface area contributed by atoms with Crippen LogP contribution in [0, 0.1) is 5.92 Å². The fourth-order valence-corrected chi connectivity index (χ4v) is 4.06. The number of amides is 1. The van der Waals surface area contributed by atoms with E-state index in [0.717, 1.165) is 60.2 Å². The number of halogens is 1. The van der Waals surface area contributed by atoms with Crippen LogP contribution >= 0.6 is 22.9 Å². The van der Waals surface area contributed by atoms with Gasteiger partial charge < -0.3 is 10.2 Å². The number of benzene rings is 1. The van der Waals surface area contributed by atoms with E-state index >= 15 is 0 Å². The van der Waals surface area contributed by atoms with Gasteiger partial charge in [0.2, 0.25) is 5.91 Å². The summed E-state index contributed by atoms with van der Waals surface area (Å²) in [5.41, 5.74) is 2.09. The molecule has 2 aromatic rings. The van der Waals surface area contributed by atoms with Crippen LogP contribution in [-0.2, 0) is 4.79 Å².